The molecular weight excluding hydrogens is 308 g/mol. The Balaban J connectivity index is 1.65. The third kappa shape index (κ3) is 3.22. The molecule has 0 amide bonds. The number of fused-ring (bicyclic) bond motifs is 1. The average molecular weight is 326 g/mol. The highest BCUT2D eigenvalue weighted by Gasteiger charge is 2.05. The monoisotopic (exact) mass is 326 g/mol. The van der Waals surface area contributed by atoms with Gasteiger partial charge >= 0.3 is 0 Å². The van der Waals surface area contributed by atoms with Crippen molar-refractivity contribution in [2.24, 2.45) is 0 Å². The van der Waals surface area contributed by atoms with Gasteiger partial charge in [0, 0.05) is 36.1 Å². The fourth-order valence-corrected chi connectivity index (χ4v) is 3.07. The molecule has 4 rings (SSSR count). The number of pyridine rings is 2. The van der Waals surface area contributed by atoms with Crippen LogP contribution in [0.4, 0.5) is 0 Å². The topological polar surface area (TPSA) is 34.9 Å². The van der Waals surface area contributed by atoms with Crippen LogP contribution in [0.15, 0.2) is 90.1 Å². The number of nitrogens with zero attached hydrogens (tertiary/aromatic N) is 2. The van der Waals surface area contributed by atoms with E-state index in [1.54, 1.807) is 10.8 Å². The zero-order valence-corrected chi connectivity index (χ0v) is 13.8. The third-order valence-corrected chi connectivity index (χ3v) is 4.46. The second-order valence-corrected chi connectivity index (χ2v) is 6.09. The lowest BCUT2D eigenvalue weighted by molar-refractivity contribution is 0.675. The SMILES string of the molecule is O=c1c2ccc(-c3cccnc3)cc2ccn1CCc1ccccc1. The van der Waals surface area contributed by atoms with Crippen molar-refractivity contribution in [3.8, 4) is 11.1 Å². The molecule has 0 bridgehead atoms. The summed E-state index contributed by atoms with van der Waals surface area (Å²) in [5.41, 5.74) is 3.42. The van der Waals surface area contributed by atoms with Crippen LogP contribution in [-0.4, -0.2) is 9.55 Å². The maximum absolute atomic E-state index is 12.7. The van der Waals surface area contributed by atoms with E-state index in [9.17, 15) is 4.79 Å². The van der Waals surface area contributed by atoms with Gasteiger partial charge in [0.15, 0.2) is 0 Å². The van der Waals surface area contributed by atoms with Crippen LogP contribution in [0.1, 0.15) is 5.56 Å². The van der Waals surface area contributed by atoms with Gasteiger partial charge in [-0.3, -0.25) is 9.78 Å². The Bertz CT molecular complexity index is 1050. The second kappa shape index (κ2) is 6.73. The molecule has 0 saturated heterocycles. The van der Waals surface area contributed by atoms with Crippen molar-refractivity contribution < 1.29 is 0 Å². The predicted molar refractivity (Wildman–Crippen MR) is 102 cm³/mol. The maximum atomic E-state index is 12.7. The zero-order chi connectivity index (χ0) is 17.1. The number of rotatable bonds is 4. The van der Waals surface area contributed by atoms with Crippen LogP contribution in [0.25, 0.3) is 21.9 Å². The summed E-state index contributed by atoms with van der Waals surface area (Å²) < 4.78 is 1.79. The fourth-order valence-electron chi connectivity index (χ4n) is 3.07. The average Bonchev–Trinajstić information content (AvgIpc) is 2.69. The fraction of sp³-hybridized carbons (Fsp3) is 0.0909. The van der Waals surface area contributed by atoms with E-state index in [0.717, 1.165) is 28.3 Å². The minimum absolute atomic E-state index is 0.0613. The molecule has 0 spiro atoms. The van der Waals surface area contributed by atoms with E-state index in [1.807, 2.05) is 60.9 Å². The Kier molecular flexibility index (Phi) is 4.13. The molecular formula is C22H18N2O. The molecule has 0 fully saturated rings. The molecule has 122 valence electrons. The predicted octanol–water partition coefficient (Wildman–Crippen LogP) is 4.31. The highest BCUT2D eigenvalue weighted by atomic mass is 16.1. The molecule has 2 aromatic heterocycles. The van der Waals surface area contributed by atoms with Crippen LogP contribution in [0, 0.1) is 0 Å². The summed E-state index contributed by atoms with van der Waals surface area (Å²) in [6.07, 6.45) is 6.33. The number of hydrogen-bond donors (Lipinski definition) is 0. The van der Waals surface area contributed by atoms with Gasteiger partial charge in [0.1, 0.15) is 0 Å². The van der Waals surface area contributed by atoms with Crippen LogP contribution in [0.3, 0.4) is 0 Å². The molecule has 0 atom stereocenters. The van der Waals surface area contributed by atoms with Crippen molar-refractivity contribution in [1.29, 1.82) is 0 Å². The van der Waals surface area contributed by atoms with E-state index < -0.39 is 0 Å². The summed E-state index contributed by atoms with van der Waals surface area (Å²) in [5, 5.41) is 1.71. The van der Waals surface area contributed by atoms with E-state index in [0.29, 0.717) is 6.54 Å². The van der Waals surface area contributed by atoms with Crippen LogP contribution >= 0.6 is 0 Å². The maximum Gasteiger partial charge on any atom is 0.258 e. The van der Waals surface area contributed by atoms with Crippen molar-refractivity contribution in [3.05, 3.63) is 101 Å². The molecule has 0 radical (unpaired) electrons. The first-order valence-electron chi connectivity index (χ1n) is 8.39. The first-order valence-corrected chi connectivity index (χ1v) is 8.39. The summed E-state index contributed by atoms with van der Waals surface area (Å²) >= 11 is 0. The lowest BCUT2D eigenvalue weighted by Crippen LogP contribution is -2.20. The molecule has 4 aromatic rings. The Morgan fingerprint density at radius 2 is 1.76 bits per heavy atom. The van der Waals surface area contributed by atoms with Crippen molar-refractivity contribution in [2.75, 3.05) is 0 Å². The lowest BCUT2D eigenvalue weighted by atomic mass is 10.0. The van der Waals surface area contributed by atoms with Crippen molar-refractivity contribution >= 4 is 10.8 Å². The molecule has 3 heteroatoms. The van der Waals surface area contributed by atoms with Crippen molar-refractivity contribution in [1.82, 2.24) is 9.55 Å². The molecule has 0 aliphatic rings. The van der Waals surface area contributed by atoms with Gasteiger partial charge in [-0.05, 0) is 47.2 Å². The molecule has 0 N–H and O–H groups in total. The summed E-state index contributed by atoms with van der Waals surface area (Å²) in [6.45, 7) is 0.684. The minimum atomic E-state index is 0.0613. The normalized spacial score (nSPS) is 10.9. The van der Waals surface area contributed by atoms with Gasteiger partial charge in [0.25, 0.3) is 5.56 Å². The van der Waals surface area contributed by atoms with Gasteiger partial charge < -0.3 is 4.57 Å². The quantitative estimate of drug-likeness (QED) is 0.560. The van der Waals surface area contributed by atoms with Crippen LogP contribution in [0.2, 0.25) is 0 Å². The molecule has 0 saturated carbocycles. The van der Waals surface area contributed by atoms with E-state index in [1.165, 1.54) is 5.56 Å². The Morgan fingerprint density at radius 3 is 2.56 bits per heavy atom. The van der Waals surface area contributed by atoms with Gasteiger partial charge in [-0.25, -0.2) is 0 Å². The highest BCUT2D eigenvalue weighted by molar-refractivity contribution is 5.86. The van der Waals surface area contributed by atoms with Crippen molar-refractivity contribution in [2.45, 2.75) is 13.0 Å². The first kappa shape index (κ1) is 15.3. The number of aromatic nitrogens is 2. The Hall–Kier alpha value is -3.20. The van der Waals surface area contributed by atoms with Gasteiger partial charge in [0.05, 0.1) is 0 Å². The Labute approximate surface area is 146 Å². The second-order valence-electron chi connectivity index (χ2n) is 6.09. The summed E-state index contributed by atoms with van der Waals surface area (Å²) in [5.74, 6) is 0. The molecule has 2 aromatic carbocycles. The molecule has 3 nitrogen and oxygen atoms in total. The third-order valence-electron chi connectivity index (χ3n) is 4.46. The molecule has 0 aliphatic carbocycles. The van der Waals surface area contributed by atoms with E-state index >= 15 is 0 Å². The van der Waals surface area contributed by atoms with Crippen molar-refractivity contribution in [3.63, 3.8) is 0 Å². The standard InChI is InChI=1S/C22H18N2O/c25-22-21-9-8-18(20-7-4-12-23-16-20)15-19(21)11-14-24(22)13-10-17-5-2-1-3-6-17/h1-9,11-12,14-16H,10,13H2. The van der Waals surface area contributed by atoms with Crippen LogP contribution < -0.4 is 5.56 Å². The number of aryl methyl sites for hydroxylation is 2. The molecule has 0 unspecified atom stereocenters. The number of hydrogen-bond acceptors (Lipinski definition) is 2. The van der Waals surface area contributed by atoms with Crippen LogP contribution in [-0.2, 0) is 13.0 Å². The minimum Gasteiger partial charge on any atom is -0.315 e. The smallest absolute Gasteiger partial charge is 0.258 e. The largest absolute Gasteiger partial charge is 0.315 e. The zero-order valence-electron chi connectivity index (χ0n) is 13.8. The molecule has 25 heavy (non-hydrogen) atoms. The van der Waals surface area contributed by atoms with Crippen LogP contribution in [0.5, 0.6) is 0 Å². The van der Waals surface area contributed by atoms with E-state index in [4.69, 9.17) is 0 Å². The van der Waals surface area contributed by atoms with E-state index in [-0.39, 0.29) is 5.56 Å². The highest BCUT2D eigenvalue weighted by Crippen LogP contribution is 2.22. The van der Waals surface area contributed by atoms with Gasteiger partial charge in [-0.2, -0.15) is 0 Å². The Morgan fingerprint density at radius 1 is 0.880 bits per heavy atom. The summed E-state index contributed by atoms with van der Waals surface area (Å²) in [7, 11) is 0. The van der Waals surface area contributed by atoms with E-state index in [2.05, 4.69) is 23.2 Å². The summed E-state index contributed by atoms with van der Waals surface area (Å²) in [6, 6.07) is 22.1. The van der Waals surface area contributed by atoms with Gasteiger partial charge in [-0.15, -0.1) is 0 Å². The van der Waals surface area contributed by atoms with Gasteiger partial charge in [0.2, 0.25) is 0 Å². The first-order chi connectivity index (χ1) is 12.3. The lowest BCUT2D eigenvalue weighted by Gasteiger charge is -2.09. The molecule has 0 aliphatic heterocycles. The molecule has 2 heterocycles. The summed E-state index contributed by atoms with van der Waals surface area (Å²) in [4.78, 5) is 16.9. The number of benzene rings is 2. The van der Waals surface area contributed by atoms with Gasteiger partial charge in [-0.1, -0.05) is 42.5 Å².